The van der Waals surface area contributed by atoms with E-state index in [0.717, 1.165) is 0 Å². The van der Waals surface area contributed by atoms with Gasteiger partial charge in [0.25, 0.3) is 0 Å². The van der Waals surface area contributed by atoms with E-state index in [0.29, 0.717) is 17.8 Å². The lowest BCUT2D eigenvalue weighted by molar-refractivity contribution is -0.276. The van der Waals surface area contributed by atoms with Crippen molar-refractivity contribution in [2.45, 2.75) is 109 Å². The third kappa shape index (κ3) is 4.37. The van der Waals surface area contributed by atoms with E-state index in [9.17, 15) is 0 Å². The fourth-order valence-electron chi connectivity index (χ4n) is 5.63. The molecule has 4 atom stereocenters. The van der Waals surface area contributed by atoms with E-state index in [1.165, 1.54) is 0 Å². The highest BCUT2D eigenvalue weighted by Gasteiger charge is 2.60. The Morgan fingerprint density at radius 3 is 1.17 bits per heavy atom. The van der Waals surface area contributed by atoms with E-state index in [1.807, 2.05) is 0 Å². The van der Waals surface area contributed by atoms with Crippen molar-refractivity contribution in [1.29, 1.82) is 0 Å². The average molecular weight is 339 g/mol. The Bertz CT molecular complexity index is 431. The minimum atomic E-state index is -0.115. The highest BCUT2D eigenvalue weighted by molar-refractivity contribution is 5.08. The van der Waals surface area contributed by atoms with Crippen LogP contribution < -0.4 is 0 Å². The SMILES string of the molecule is CC(C)(C)C1OC(C)(C)C(C(C)(C)C)C(C(C)(C)C)C1C(C)(C)C. The maximum atomic E-state index is 6.94. The van der Waals surface area contributed by atoms with E-state index in [2.05, 4.69) is 96.9 Å². The third-order valence-electron chi connectivity index (χ3n) is 6.04. The first kappa shape index (κ1) is 22.0. The summed E-state index contributed by atoms with van der Waals surface area (Å²) in [5.74, 6) is 1.67. The summed E-state index contributed by atoms with van der Waals surface area (Å²) >= 11 is 0. The zero-order chi connectivity index (χ0) is 19.5. The predicted molar refractivity (Wildman–Crippen MR) is 107 cm³/mol. The highest BCUT2D eigenvalue weighted by Crippen LogP contribution is 2.61. The van der Waals surface area contributed by atoms with Crippen LogP contribution in [0.1, 0.15) is 96.9 Å². The lowest BCUT2D eigenvalue weighted by atomic mass is 9.48. The van der Waals surface area contributed by atoms with Crippen LogP contribution in [0.5, 0.6) is 0 Å². The molecule has 1 aliphatic heterocycles. The zero-order valence-electron chi connectivity index (χ0n) is 19.2. The molecule has 0 aromatic carbocycles. The molecule has 0 aromatic rings. The second-order valence-corrected chi connectivity index (χ2v) is 13.1. The van der Waals surface area contributed by atoms with Gasteiger partial charge in [0.2, 0.25) is 0 Å². The molecule has 1 heterocycles. The molecule has 0 radical (unpaired) electrons. The molecule has 0 N–H and O–H groups in total. The Hall–Kier alpha value is -0.0400. The van der Waals surface area contributed by atoms with Gasteiger partial charge < -0.3 is 4.74 Å². The van der Waals surface area contributed by atoms with Crippen LogP contribution in [0.25, 0.3) is 0 Å². The molecule has 144 valence electrons. The Kier molecular flexibility index (Phi) is 5.50. The molecule has 0 spiro atoms. The van der Waals surface area contributed by atoms with Gasteiger partial charge in [-0.1, -0.05) is 83.1 Å². The second kappa shape index (κ2) is 6.00. The van der Waals surface area contributed by atoms with Crippen LogP contribution in [0.2, 0.25) is 0 Å². The Morgan fingerprint density at radius 2 is 0.917 bits per heavy atom. The van der Waals surface area contributed by atoms with Crippen molar-refractivity contribution < 1.29 is 4.74 Å². The summed E-state index contributed by atoms with van der Waals surface area (Å²) in [7, 11) is 0. The van der Waals surface area contributed by atoms with E-state index >= 15 is 0 Å². The van der Waals surface area contributed by atoms with Gasteiger partial charge in [-0.2, -0.15) is 0 Å². The lowest BCUT2D eigenvalue weighted by Crippen LogP contribution is -2.64. The van der Waals surface area contributed by atoms with Crippen LogP contribution >= 0.6 is 0 Å². The maximum Gasteiger partial charge on any atom is 0.0666 e. The van der Waals surface area contributed by atoms with Crippen LogP contribution in [0.15, 0.2) is 0 Å². The molecular formula is C23H46O. The van der Waals surface area contributed by atoms with E-state index in [-0.39, 0.29) is 33.4 Å². The zero-order valence-corrected chi connectivity index (χ0v) is 19.2. The summed E-state index contributed by atoms with van der Waals surface area (Å²) < 4.78 is 6.94. The first-order valence-corrected chi connectivity index (χ1v) is 9.88. The van der Waals surface area contributed by atoms with Crippen LogP contribution in [-0.2, 0) is 4.74 Å². The molecule has 0 bridgehead atoms. The van der Waals surface area contributed by atoms with Gasteiger partial charge in [0.15, 0.2) is 0 Å². The first-order valence-electron chi connectivity index (χ1n) is 9.88. The summed E-state index contributed by atoms with van der Waals surface area (Å²) in [6, 6.07) is 0. The third-order valence-corrected chi connectivity index (χ3v) is 6.04. The minimum absolute atomic E-state index is 0.115. The minimum Gasteiger partial charge on any atom is -0.371 e. The summed E-state index contributed by atoms with van der Waals surface area (Å²) in [6.07, 6.45) is 0.273. The number of hydrogen-bond acceptors (Lipinski definition) is 1. The number of rotatable bonds is 0. The van der Waals surface area contributed by atoms with Gasteiger partial charge in [-0.05, 0) is 53.3 Å². The summed E-state index contributed by atoms with van der Waals surface area (Å²) in [5.41, 5.74) is 0.710. The maximum absolute atomic E-state index is 6.94. The molecule has 0 amide bonds. The fourth-order valence-corrected chi connectivity index (χ4v) is 5.63. The van der Waals surface area contributed by atoms with Crippen molar-refractivity contribution in [3.8, 4) is 0 Å². The van der Waals surface area contributed by atoms with Crippen LogP contribution in [0.4, 0.5) is 0 Å². The molecule has 1 rings (SSSR count). The number of hydrogen-bond donors (Lipinski definition) is 0. The van der Waals surface area contributed by atoms with Gasteiger partial charge in [-0.3, -0.25) is 0 Å². The molecule has 0 aliphatic carbocycles. The number of ether oxygens (including phenoxy) is 1. The standard InChI is InChI=1S/C23H46O/c1-19(2,3)15-16(20(4,5)6)18(22(10,11)12)24-23(13,14)17(15)21(7,8)9/h15-18H,1-14H3. The molecule has 1 fully saturated rings. The monoisotopic (exact) mass is 338 g/mol. The molecule has 24 heavy (non-hydrogen) atoms. The van der Waals surface area contributed by atoms with Crippen molar-refractivity contribution in [1.82, 2.24) is 0 Å². The fraction of sp³-hybridized carbons (Fsp3) is 1.00. The molecule has 1 nitrogen and oxygen atoms in total. The highest BCUT2D eigenvalue weighted by atomic mass is 16.5. The van der Waals surface area contributed by atoms with Gasteiger partial charge in [0.1, 0.15) is 0 Å². The van der Waals surface area contributed by atoms with E-state index in [4.69, 9.17) is 4.74 Å². The summed E-state index contributed by atoms with van der Waals surface area (Å²) in [5, 5.41) is 0. The Morgan fingerprint density at radius 1 is 0.542 bits per heavy atom. The average Bonchev–Trinajstić information content (AvgIpc) is 2.19. The molecule has 1 aliphatic rings. The lowest BCUT2D eigenvalue weighted by Gasteiger charge is -2.64. The van der Waals surface area contributed by atoms with Crippen molar-refractivity contribution in [3.05, 3.63) is 0 Å². The van der Waals surface area contributed by atoms with Gasteiger partial charge in [0, 0.05) is 0 Å². The van der Waals surface area contributed by atoms with Gasteiger partial charge in [-0.25, -0.2) is 0 Å². The molecule has 1 saturated heterocycles. The molecule has 1 heteroatoms. The smallest absolute Gasteiger partial charge is 0.0666 e. The van der Waals surface area contributed by atoms with Gasteiger partial charge in [-0.15, -0.1) is 0 Å². The van der Waals surface area contributed by atoms with Gasteiger partial charge in [0.05, 0.1) is 11.7 Å². The normalized spacial score (nSPS) is 32.8. The predicted octanol–water partition coefficient (Wildman–Crippen LogP) is 7.20. The van der Waals surface area contributed by atoms with Crippen LogP contribution in [0, 0.1) is 39.4 Å². The first-order chi connectivity index (χ1) is 10.2. The molecule has 4 unspecified atom stereocenters. The van der Waals surface area contributed by atoms with E-state index < -0.39 is 0 Å². The largest absolute Gasteiger partial charge is 0.371 e. The summed E-state index contributed by atoms with van der Waals surface area (Å²) in [6.45, 7) is 33.5. The second-order valence-electron chi connectivity index (χ2n) is 13.1. The van der Waals surface area contributed by atoms with Crippen molar-refractivity contribution >= 4 is 0 Å². The van der Waals surface area contributed by atoms with Crippen molar-refractivity contribution in [3.63, 3.8) is 0 Å². The summed E-state index contributed by atoms with van der Waals surface area (Å²) in [4.78, 5) is 0. The molecule has 0 aromatic heterocycles. The Labute approximate surface area is 153 Å². The van der Waals surface area contributed by atoms with Gasteiger partial charge >= 0.3 is 0 Å². The van der Waals surface area contributed by atoms with E-state index in [1.54, 1.807) is 0 Å². The van der Waals surface area contributed by atoms with Crippen molar-refractivity contribution in [2.75, 3.05) is 0 Å². The van der Waals surface area contributed by atoms with Crippen LogP contribution in [-0.4, -0.2) is 11.7 Å². The topological polar surface area (TPSA) is 9.23 Å². The van der Waals surface area contributed by atoms with Crippen molar-refractivity contribution in [2.24, 2.45) is 39.4 Å². The molecular weight excluding hydrogens is 292 g/mol. The quantitative estimate of drug-likeness (QED) is 0.454. The van der Waals surface area contributed by atoms with Crippen LogP contribution in [0.3, 0.4) is 0 Å². The Balaban J connectivity index is 3.69. The molecule has 0 saturated carbocycles.